The van der Waals surface area contributed by atoms with E-state index >= 15 is 0 Å². The van der Waals surface area contributed by atoms with E-state index in [0.717, 1.165) is 5.56 Å². The molecule has 1 amide bonds. The Morgan fingerprint density at radius 1 is 1.11 bits per heavy atom. The Hall–Kier alpha value is -2.20. The minimum absolute atomic E-state index is 0.309. The molecule has 2 heterocycles. The van der Waals surface area contributed by atoms with E-state index in [2.05, 4.69) is 4.98 Å². The number of amides is 1. The summed E-state index contributed by atoms with van der Waals surface area (Å²) in [6.07, 6.45) is 3.29. The van der Waals surface area contributed by atoms with Crippen LogP contribution in [0.2, 0.25) is 5.02 Å². The van der Waals surface area contributed by atoms with Crippen LogP contribution in [0.5, 0.6) is 0 Å². The number of aromatic nitrogens is 1. The topological polar surface area (TPSA) is 50.3 Å². The Morgan fingerprint density at radius 3 is 2.58 bits per heavy atom. The van der Waals surface area contributed by atoms with Crippen LogP contribution in [0.4, 0.5) is 5.69 Å². The molecule has 0 N–H and O–H groups in total. The van der Waals surface area contributed by atoms with Crippen LogP contribution in [0.1, 0.15) is 15.9 Å². The first-order chi connectivity index (χ1) is 9.18. The second-order valence-electron chi connectivity index (χ2n) is 4.21. The van der Waals surface area contributed by atoms with Gasteiger partial charge in [-0.1, -0.05) is 17.7 Å². The molecular weight excluding hydrogens is 264 g/mol. The van der Waals surface area contributed by atoms with E-state index in [1.807, 2.05) is 0 Å². The maximum Gasteiger partial charge on any atom is 0.299 e. The molecule has 0 fully saturated rings. The average Bonchev–Trinajstić information content (AvgIpc) is 2.67. The van der Waals surface area contributed by atoms with Crippen molar-refractivity contribution in [3.8, 4) is 0 Å². The van der Waals surface area contributed by atoms with Crippen LogP contribution in [-0.4, -0.2) is 16.7 Å². The number of Topliss-reactive ketones (excluding diaryl/α,β-unsaturated/α-hetero) is 1. The Morgan fingerprint density at radius 2 is 1.84 bits per heavy atom. The monoisotopic (exact) mass is 272 g/mol. The summed E-state index contributed by atoms with van der Waals surface area (Å²) in [6, 6.07) is 8.56. The van der Waals surface area contributed by atoms with Gasteiger partial charge < -0.3 is 0 Å². The number of carbonyl (C=O) groups excluding carboxylic acids is 2. The summed E-state index contributed by atoms with van der Waals surface area (Å²) >= 11 is 6.10. The zero-order chi connectivity index (χ0) is 13.4. The van der Waals surface area contributed by atoms with Gasteiger partial charge in [-0.3, -0.25) is 19.5 Å². The van der Waals surface area contributed by atoms with Crippen LogP contribution in [0.15, 0.2) is 42.7 Å². The van der Waals surface area contributed by atoms with Gasteiger partial charge in [0.25, 0.3) is 11.7 Å². The number of hydrogen-bond acceptors (Lipinski definition) is 3. The van der Waals surface area contributed by atoms with Crippen molar-refractivity contribution in [2.45, 2.75) is 6.54 Å². The van der Waals surface area contributed by atoms with E-state index in [9.17, 15) is 9.59 Å². The maximum atomic E-state index is 12.0. The number of nitrogens with zero attached hydrogens (tertiary/aromatic N) is 2. The van der Waals surface area contributed by atoms with Crippen molar-refractivity contribution in [3.63, 3.8) is 0 Å². The van der Waals surface area contributed by atoms with Gasteiger partial charge in [0.05, 0.1) is 22.8 Å². The van der Waals surface area contributed by atoms with Gasteiger partial charge in [-0.15, -0.1) is 0 Å². The molecule has 2 aromatic rings. The number of rotatable bonds is 2. The molecule has 0 spiro atoms. The lowest BCUT2D eigenvalue weighted by atomic mass is 10.1. The standard InChI is InChI=1S/C14H9ClN2O2/c15-11-3-1-2-10-12(11)17(14(19)13(10)18)8-9-4-6-16-7-5-9/h1-7H,8H2. The summed E-state index contributed by atoms with van der Waals surface area (Å²) in [5.74, 6) is -1.05. The zero-order valence-corrected chi connectivity index (χ0v) is 10.6. The fraction of sp³-hybridized carbons (Fsp3) is 0.0714. The van der Waals surface area contributed by atoms with Gasteiger partial charge in [0.2, 0.25) is 0 Å². The molecule has 4 nitrogen and oxygen atoms in total. The molecular formula is C14H9ClN2O2. The molecule has 0 radical (unpaired) electrons. The van der Waals surface area contributed by atoms with Crippen molar-refractivity contribution < 1.29 is 9.59 Å². The van der Waals surface area contributed by atoms with Gasteiger partial charge in [-0.05, 0) is 29.8 Å². The molecule has 3 rings (SSSR count). The summed E-state index contributed by atoms with van der Waals surface area (Å²) in [5.41, 5.74) is 1.76. The first kappa shape index (κ1) is 11.9. The summed E-state index contributed by atoms with van der Waals surface area (Å²) in [7, 11) is 0. The second kappa shape index (κ2) is 4.48. The van der Waals surface area contributed by atoms with Gasteiger partial charge in [-0.25, -0.2) is 0 Å². The number of fused-ring (bicyclic) bond motifs is 1. The highest BCUT2D eigenvalue weighted by Gasteiger charge is 2.37. The third-order valence-electron chi connectivity index (χ3n) is 3.03. The number of halogens is 1. The van der Waals surface area contributed by atoms with Gasteiger partial charge >= 0.3 is 0 Å². The second-order valence-corrected chi connectivity index (χ2v) is 4.62. The molecule has 94 valence electrons. The molecule has 1 aromatic carbocycles. The normalized spacial score (nSPS) is 13.8. The number of ketones is 1. The third-order valence-corrected chi connectivity index (χ3v) is 3.34. The molecule has 1 aromatic heterocycles. The minimum atomic E-state index is -0.542. The predicted octanol–water partition coefficient (Wildman–Crippen LogP) is 2.46. The molecule has 1 aliphatic heterocycles. The van der Waals surface area contributed by atoms with E-state index in [0.29, 0.717) is 22.8 Å². The largest absolute Gasteiger partial charge is 0.299 e. The summed E-state index contributed by atoms with van der Waals surface area (Å²) < 4.78 is 0. The smallest absolute Gasteiger partial charge is 0.299 e. The molecule has 0 saturated heterocycles. The van der Waals surface area contributed by atoms with Crippen molar-refractivity contribution in [1.82, 2.24) is 4.98 Å². The van der Waals surface area contributed by atoms with E-state index < -0.39 is 11.7 Å². The lowest BCUT2D eigenvalue weighted by molar-refractivity contribution is -0.114. The Kier molecular flexibility index (Phi) is 2.80. The van der Waals surface area contributed by atoms with Crippen molar-refractivity contribution in [2.75, 3.05) is 4.90 Å². The van der Waals surface area contributed by atoms with Crippen LogP contribution in [-0.2, 0) is 11.3 Å². The Bertz CT molecular complexity index is 670. The fourth-order valence-electron chi connectivity index (χ4n) is 2.13. The van der Waals surface area contributed by atoms with Crippen LogP contribution < -0.4 is 4.90 Å². The number of pyridine rings is 1. The van der Waals surface area contributed by atoms with E-state index in [4.69, 9.17) is 11.6 Å². The van der Waals surface area contributed by atoms with E-state index in [1.54, 1.807) is 42.7 Å². The molecule has 0 bridgehead atoms. The summed E-state index contributed by atoms with van der Waals surface area (Å²) in [5, 5.41) is 0.408. The SMILES string of the molecule is O=C1C(=O)N(Cc2ccncc2)c2c(Cl)cccc21. The number of benzene rings is 1. The lowest BCUT2D eigenvalue weighted by Gasteiger charge is -2.17. The average molecular weight is 273 g/mol. The number of anilines is 1. The zero-order valence-electron chi connectivity index (χ0n) is 9.84. The third kappa shape index (κ3) is 1.90. The van der Waals surface area contributed by atoms with Crippen molar-refractivity contribution in [2.24, 2.45) is 0 Å². The van der Waals surface area contributed by atoms with Crippen molar-refractivity contribution in [3.05, 3.63) is 58.9 Å². The van der Waals surface area contributed by atoms with Crippen LogP contribution >= 0.6 is 11.6 Å². The summed E-state index contributed by atoms with van der Waals surface area (Å²) in [4.78, 5) is 29.2. The molecule has 19 heavy (non-hydrogen) atoms. The van der Waals surface area contributed by atoms with Crippen LogP contribution in [0.25, 0.3) is 0 Å². The maximum absolute atomic E-state index is 12.0. The highest BCUT2D eigenvalue weighted by molar-refractivity contribution is 6.54. The van der Waals surface area contributed by atoms with Gasteiger partial charge in [0.1, 0.15) is 0 Å². The van der Waals surface area contributed by atoms with Gasteiger partial charge in [-0.2, -0.15) is 0 Å². The molecule has 0 aliphatic carbocycles. The lowest BCUT2D eigenvalue weighted by Crippen LogP contribution is -2.29. The highest BCUT2D eigenvalue weighted by atomic mass is 35.5. The van der Waals surface area contributed by atoms with Crippen LogP contribution in [0.3, 0.4) is 0 Å². The Balaban J connectivity index is 2.04. The van der Waals surface area contributed by atoms with E-state index in [-0.39, 0.29) is 0 Å². The van der Waals surface area contributed by atoms with Gasteiger partial charge in [0, 0.05) is 12.4 Å². The van der Waals surface area contributed by atoms with Crippen molar-refractivity contribution >= 4 is 29.0 Å². The number of carbonyl (C=O) groups is 2. The number of hydrogen-bond donors (Lipinski definition) is 0. The predicted molar refractivity (Wildman–Crippen MR) is 71.2 cm³/mol. The quantitative estimate of drug-likeness (QED) is 0.789. The number of para-hydroxylation sites is 1. The van der Waals surface area contributed by atoms with E-state index in [1.165, 1.54) is 4.90 Å². The fourth-order valence-corrected chi connectivity index (χ4v) is 2.41. The molecule has 0 saturated carbocycles. The first-order valence-corrected chi connectivity index (χ1v) is 6.10. The van der Waals surface area contributed by atoms with Gasteiger partial charge in [0.15, 0.2) is 0 Å². The molecule has 1 aliphatic rings. The first-order valence-electron chi connectivity index (χ1n) is 5.72. The Labute approximate surface area is 114 Å². The summed E-state index contributed by atoms with van der Waals surface area (Å²) in [6.45, 7) is 0.309. The highest BCUT2D eigenvalue weighted by Crippen LogP contribution is 2.36. The van der Waals surface area contributed by atoms with Crippen LogP contribution in [0, 0.1) is 0 Å². The minimum Gasteiger partial charge on any atom is -0.299 e. The molecule has 0 unspecified atom stereocenters. The molecule has 0 atom stereocenters. The molecule has 5 heteroatoms. The van der Waals surface area contributed by atoms with Crippen molar-refractivity contribution in [1.29, 1.82) is 0 Å².